The predicted octanol–water partition coefficient (Wildman–Crippen LogP) is 1.30. The van der Waals surface area contributed by atoms with Gasteiger partial charge >= 0.3 is 5.97 Å². The summed E-state index contributed by atoms with van der Waals surface area (Å²) in [7, 11) is 0. The molecule has 2 atom stereocenters. The zero-order chi connectivity index (χ0) is 10.1. The second-order valence-electron chi connectivity index (χ2n) is 3.15. The normalized spacial score (nSPS) is 24.4. The maximum Gasteiger partial charge on any atom is 0.348 e. The van der Waals surface area contributed by atoms with Gasteiger partial charge in [-0.25, -0.2) is 4.79 Å². The molecule has 14 heavy (non-hydrogen) atoms. The van der Waals surface area contributed by atoms with E-state index in [0.29, 0.717) is 11.5 Å². The first-order valence-corrected chi connectivity index (χ1v) is 4.33. The van der Waals surface area contributed by atoms with Gasteiger partial charge in [0, 0.05) is 0 Å². The van der Waals surface area contributed by atoms with E-state index >= 15 is 0 Å². The zero-order valence-corrected chi connectivity index (χ0v) is 7.64. The lowest BCUT2D eigenvalue weighted by atomic mass is 10.2. The van der Waals surface area contributed by atoms with Gasteiger partial charge in [0.1, 0.15) is 6.10 Å². The summed E-state index contributed by atoms with van der Waals surface area (Å²) in [5.41, 5.74) is 0. The van der Waals surface area contributed by atoms with E-state index in [1.54, 1.807) is 25.1 Å². The quantitative estimate of drug-likeness (QED) is 0.732. The summed E-state index contributed by atoms with van der Waals surface area (Å²) in [5, 5.41) is 8.83. The van der Waals surface area contributed by atoms with Gasteiger partial charge in [0.15, 0.2) is 11.5 Å². The number of carboxylic acid groups (broad SMARTS) is 1. The van der Waals surface area contributed by atoms with Crippen molar-refractivity contribution in [2.45, 2.75) is 19.1 Å². The van der Waals surface area contributed by atoms with Gasteiger partial charge in [0.2, 0.25) is 6.10 Å². The molecule has 1 aromatic rings. The summed E-state index contributed by atoms with van der Waals surface area (Å²) in [6.07, 6.45) is -1.40. The summed E-state index contributed by atoms with van der Waals surface area (Å²) < 4.78 is 10.7. The number of ether oxygens (including phenoxy) is 2. The highest BCUT2D eigenvalue weighted by Crippen LogP contribution is 2.33. The van der Waals surface area contributed by atoms with E-state index in [1.165, 1.54) is 0 Å². The van der Waals surface area contributed by atoms with Crippen LogP contribution in [-0.2, 0) is 4.79 Å². The molecule has 0 spiro atoms. The van der Waals surface area contributed by atoms with Crippen molar-refractivity contribution in [3.05, 3.63) is 24.3 Å². The second kappa shape index (κ2) is 3.21. The molecule has 2 rings (SSSR count). The van der Waals surface area contributed by atoms with Crippen molar-refractivity contribution in [2.75, 3.05) is 0 Å². The Morgan fingerprint density at radius 3 is 2.43 bits per heavy atom. The van der Waals surface area contributed by atoms with E-state index in [4.69, 9.17) is 14.6 Å². The van der Waals surface area contributed by atoms with Gasteiger partial charge in [0.25, 0.3) is 0 Å². The Bertz CT molecular complexity index is 361. The lowest BCUT2D eigenvalue weighted by molar-refractivity contribution is -0.150. The number of carboxylic acids is 1. The molecule has 0 radical (unpaired) electrons. The van der Waals surface area contributed by atoms with Crippen molar-refractivity contribution in [1.82, 2.24) is 0 Å². The molecule has 1 aliphatic heterocycles. The average Bonchev–Trinajstić information content (AvgIpc) is 2.16. The summed E-state index contributed by atoms with van der Waals surface area (Å²) >= 11 is 0. The minimum Gasteiger partial charge on any atom is -0.482 e. The first-order valence-electron chi connectivity index (χ1n) is 4.33. The van der Waals surface area contributed by atoms with Crippen LogP contribution in [-0.4, -0.2) is 23.3 Å². The molecule has 0 aliphatic carbocycles. The Morgan fingerprint density at radius 1 is 1.29 bits per heavy atom. The zero-order valence-electron chi connectivity index (χ0n) is 7.64. The number of hydrogen-bond donors (Lipinski definition) is 1. The van der Waals surface area contributed by atoms with E-state index in [2.05, 4.69) is 0 Å². The molecule has 4 heteroatoms. The Labute approximate surface area is 81.1 Å². The standard InChI is InChI=1S/C10H10O4/c1-6-9(10(11)12)14-8-5-3-2-4-7(8)13-6/h2-6,9H,1H3,(H,11,12)/t6-,9-/m0/s1. The summed E-state index contributed by atoms with van der Waals surface area (Å²) in [6, 6.07) is 7.04. The van der Waals surface area contributed by atoms with Crippen LogP contribution in [0.4, 0.5) is 0 Å². The topological polar surface area (TPSA) is 55.8 Å². The molecule has 1 aliphatic rings. The smallest absolute Gasteiger partial charge is 0.348 e. The van der Waals surface area contributed by atoms with Gasteiger partial charge in [-0.2, -0.15) is 0 Å². The van der Waals surface area contributed by atoms with Crippen LogP contribution < -0.4 is 9.47 Å². The number of benzene rings is 1. The van der Waals surface area contributed by atoms with Crippen LogP contribution >= 0.6 is 0 Å². The molecule has 0 bridgehead atoms. The molecule has 1 N–H and O–H groups in total. The van der Waals surface area contributed by atoms with Gasteiger partial charge in [0.05, 0.1) is 0 Å². The van der Waals surface area contributed by atoms with Gasteiger partial charge in [-0.1, -0.05) is 12.1 Å². The Hall–Kier alpha value is -1.71. The first-order chi connectivity index (χ1) is 6.68. The number of fused-ring (bicyclic) bond motifs is 1. The average molecular weight is 194 g/mol. The fourth-order valence-electron chi connectivity index (χ4n) is 1.39. The van der Waals surface area contributed by atoms with Gasteiger partial charge in [-0.15, -0.1) is 0 Å². The van der Waals surface area contributed by atoms with Crippen LogP contribution in [0.1, 0.15) is 6.92 Å². The van der Waals surface area contributed by atoms with Crippen LogP contribution in [0.25, 0.3) is 0 Å². The van der Waals surface area contributed by atoms with Gasteiger partial charge in [-0.3, -0.25) is 0 Å². The SMILES string of the molecule is C[C@@H]1Oc2ccccc2O[C@@H]1C(=O)O. The maximum absolute atomic E-state index is 10.8. The molecule has 0 unspecified atom stereocenters. The number of rotatable bonds is 1. The van der Waals surface area contributed by atoms with Crippen molar-refractivity contribution in [1.29, 1.82) is 0 Å². The Morgan fingerprint density at radius 2 is 1.86 bits per heavy atom. The third-order valence-electron chi connectivity index (χ3n) is 2.09. The largest absolute Gasteiger partial charge is 0.482 e. The molecule has 1 heterocycles. The minimum absolute atomic E-state index is 0.470. The van der Waals surface area contributed by atoms with Crippen molar-refractivity contribution in [3.8, 4) is 11.5 Å². The van der Waals surface area contributed by atoms with Gasteiger partial charge in [-0.05, 0) is 19.1 Å². The van der Waals surface area contributed by atoms with Crippen molar-refractivity contribution in [2.24, 2.45) is 0 Å². The van der Waals surface area contributed by atoms with Crippen LogP contribution in [0, 0.1) is 0 Å². The highest BCUT2D eigenvalue weighted by atomic mass is 16.6. The molecule has 74 valence electrons. The second-order valence-corrected chi connectivity index (χ2v) is 3.15. The van der Waals surface area contributed by atoms with Crippen LogP contribution in [0.3, 0.4) is 0 Å². The molecular formula is C10H10O4. The Balaban J connectivity index is 2.31. The fraction of sp³-hybridized carbons (Fsp3) is 0.300. The maximum atomic E-state index is 10.8. The third kappa shape index (κ3) is 1.39. The van der Waals surface area contributed by atoms with Gasteiger partial charge < -0.3 is 14.6 Å². The molecule has 0 fully saturated rings. The third-order valence-corrected chi connectivity index (χ3v) is 2.09. The summed E-state index contributed by atoms with van der Waals surface area (Å²) in [5.74, 6) is 0.0718. The lowest BCUT2D eigenvalue weighted by Gasteiger charge is -2.29. The highest BCUT2D eigenvalue weighted by Gasteiger charge is 2.33. The first kappa shape index (κ1) is 8.87. The van der Waals surface area contributed by atoms with E-state index in [9.17, 15) is 4.79 Å². The highest BCUT2D eigenvalue weighted by molar-refractivity contribution is 5.74. The summed E-state index contributed by atoms with van der Waals surface area (Å²) in [4.78, 5) is 10.8. The summed E-state index contributed by atoms with van der Waals surface area (Å²) in [6.45, 7) is 1.68. The number of carbonyl (C=O) groups is 1. The van der Waals surface area contributed by atoms with Crippen LogP contribution in [0.15, 0.2) is 24.3 Å². The van der Waals surface area contributed by atoms with E-state index in [0.717, 1.165) is 0 Å². The molecule has 0 amide bonds. The Kier molecular flexibility index (Phi) is 2.04. The minimum atomic E-state index is -1.01. The molecule has 0 saturated carbocycles. The molecule has 4 nitrogen and oxygen atoms in total. The lowest BCUT2D eigenvalue weighted by Crippen LogP contribution is -2.43. The molecule has 0 aromatic heterocycles. The molecular weight excluding hydrogens is 184 g/mol. The van der Waals surface area contributed by atoms with Crippen LogP contribution in [0.5, 0.6) is 11.5 Å². The van der Waals surface area contributed by atoms with Crippen molar-refractivity contribution in [3.63, 3.8) is 0 Å². The molecule has 0 saturated heterocycles. The number of para-hydroxylation sites is 2. The predicted molar refractivity (Wildman–Crippen MR) is 48.6 cm³/mol. The fourth-order valence-corrected chi connectivity index (χ4v) is 1.39. The van der Waals surface area contributed by atoms with Crippen molar-refractivity contribution >= 4 is 5.97 Å². The van der Waals surface area contributed by atoms with Crippen LogP contribution in [0.2, 0.25) is 0 Å². The number of hydrogen-bond acceptors (Lipinski definition) is 3. The van der Waals surface area contributed by atoms with E-state index in [1.807, 2.05) is 6.07 Å². The van der Waals surface area contributed by atoms with E-state index < -0.39 is 18.2 Å². The number of aliphatic carboxylic acids is 1. The van der Waals surface area contributed by atoms with Crippen molar-refractivity contribution < 1.29 is 19.4 Å². The monoisotopic (exact) mass is 194 g/mol. The molecule has 1 aromatic carbocycles. The van der Waals surface area contributed by atoms with E-state index in [-0.39, 0.29) is 0 Å².